The first kappa shape index (κ1) is 36.9. The van der Waals surface area contributed by atoms with E-state index in [1.165, 1.54) is 12.7 Å². The third-order valence-electron chi connectivity index (χ3n) is 8.93. The van der Waals surface area contributed by atoms with Crippen LogP contribution in [-0.4, -0.2) is 76.7 Å². The number of nitrogens with two attached hydrogens (primary N) is 1. The molecule has 254 valence electrons. The van der Waals surface area contributed by atoms with Gasteiger partial charge in [-0.1, -0.05) is 82.4 Å². The van der Waals surface area contributed by atoms with E-state index in [2.05, 4.69) is 51.7 Å². The average Bonchev–Trinajstić information content (AvgIpc) is 3.56. The molecule has 0 aliphatic heterocycles. The fraction of sp³-hybridized carbons (Fsp3) is 0.600. The van der Waals surface area contributed by atoms with Crippen molar-refractivity contribution in [2.24, 2.45) is 23.5 Å². The van der Waals surface area contributed by atoms with Crippen LogP contribution >= 0.6 is 0 Å². The molecular weight excluding hydrogens is 582 g/mol. The second-order valence-corrected chi connectivity index (χ2v) is 12.9. The van der Waals surface area contributed by atoms with Crippen molar-refractivity contribution in [1.82, 2.24) is 31.2 Å². The van der Waals surface area contributed by atoms with Crippen LogP contribution in [0.5, 0.6) is 0 Å². The minimum absolute atomic E-state index is 0.0106. The van der Waals surface area contributed by atoms with Crippen molar-refractivity contribution in [3.05, 3.63) is 66.8 Å². The summed E-state index contributed by atoms with van der Waals surface area (Å²) >= 11 is 0. The minimum atomic E-state index is -0.972. The number of imidazole rings is 1. The summed E-state index contributed by atoms with van der Waals surface area (Å²) in [6.45, 7) is 9.03. The van der Waals surface area contributed by atoms with E-state index in [-0.39, 0.29) is 31.2 Å². The van der Waals surface area contributed by atoms with Gasteiger partial charge >= 0.3 is 0 Å². The first-order valence-corrected chi connectivity index (χ1v) is 16.8. The van der Waals surface area contributed by atoms with Crippen LogP contribution < -0.4 is 27.0 Å². The quantitative estimate of drug-likeness (QED) is 0.0862. The number of aliphatic hydroxyl groups excluding tert-OH is 1. The normalized spacial score (nSPS) is 17.0. The predicted molar refractivity (Wildman–Crippen MR) is 180 cm³/mol. The highest BCUT2D eigenvalue weighted by atomic mass is 16.3. The van der Waals surface area contributed by atoms with Crippen molar-refractivity contribution in [1.29, 1.82) is 0 Å². The van der Waals surface area contributed by atoms with Gasteiger partial charge in [0.25, 0.3) is 0 Å². The van der Waals surface area contributed by atoms with Crippen molar-refractivity contribution in [2.45, 2.75) is 95.9 Å². The average molecular weight is 638 g/mol. The van der Waals surface area contributed by atoms with Gasteiger partial charge in [0, 0.05) is 37.8 Å². The zero-order valence-corrected chi connectivity index (χ0v) is 27.5. The molecule has 2 aromatic rings. The molecule has 1 saturated carbocycles. The predicted octanol–water partition coefficient (Wildman–Crippen LogP) is 2.38. The summed E-state index contributed by atoms with van der Waals surface area (Å²) in [6, 6.07) is 7.03. The van der Waals surface area contributed by atoms with Gasteiger partial charge < -0.3 is 37.1 Å². The van der Waals surface area contributed by atoms with Crippen molar-refractivity contribution >= 4 is 17.7 Å². The molecule has 0 unspecified atom stereocenters. The third kappa shape index (κ3) is 12.7. The van der Waals surface area contributed by atoms with Crippen molar-refractivity contribution in [3.8, 4) is 0 Å². The highest BCUT2D eigenvalue weighted by Crippen LogP contribution is 2.30. The Balaban J connectivity index is 1.81. The fourth-order valence-corrected chi connectivity index (χ4v) is 6.17. The monoisotopic (exact) mass is 637 g/mol. The molecule has 1 aromatic heterocycles. The van der Waals surface area contributed by atoms with Gasteiger partial charge in [0.15, 0.2) is 0 Å². The Morgan fingerprint density at radius 2 is 1.74 bits per heavy atom. The molecule has 1 fully saturated rings. The second-order valence-electron chi connectivity index (χ2n) is 12.9. The molecule has 0 saturated heterocycles. The lowest BCUT2D eigenvalue weighted by molar-refractivity contribution is -0.132. The van der Waals surface area contributed by atoms with E-state index in [1.54, 1.807) is 6.20 Å². The molecule has 0 spiro atoms. The summed E-state index contributed by atoms with van der Waals surface area (Å²) in [4.78, 5) is 47.7. The molecule has 3 amide bonds. The zero-order valence-electron chi connectivity index (χ0n) is 27.5. The molecule has 1 aromatic carbocycles. The van der Waals surface area contributed by atoms with E-state index in [0.717, 1.165) is 31.2 Å². The first-order valence-electron chi connectivity index (χ1n) is 16.8. The molecule has 3 rings (SSSR count). The Kier molecular flexibility index (Phi) is 15.9. The highest BCUT2D eigenvalue weighted by Gasteiger charge is 2.32. The van der Waals surface area contributed by atoms with Gasteiger partial charge in [0.2, 0.25) is 17.7 Å². The van der Waals surface area contributed by atoms with Crippen molar-refractivity contribution < 1.29 is 19.5 Å². The number of allylic oxidation sites excluding steroid dienone is 1. The zero-order chi connectivity index (χ0) is 33.3. The standard InChI is InChI=1S/C35H55N7O4/c1-4-27(24(2)3)19-32(43)29(17-25-11-7-5-8-12-25)41-35(46)31(20-28-21-38-23-39-28)42-34(45)30(18-26-13-9-6-10-14-26)40-33(44)22-37-16-15-36/h4,6,9-10,13-14,21,23-25,27,29-32,37,43H,1,5,7-8,11-12,15-20,22,36H2,2-3H3,(H,38,39)(H,40,44)(H,41,46)(H,42,45)/t27-,29-,30-,31-,32-/m0/s1. The largest absolute Gasteiger partial charge is 0.391 e. The Morgan fingerprint density at radius 3 is 2.37 bits per heavy atom. The van der Waals surface area contributed by atoms with Crippen molar-refractivity contribution in [2.75, 3.05) is 19.6 Å². The van der Waals surface area contributed by atoms with E-state index in [9.17, 15) is 19.5 Å². The smallest absolute Gasteiger partial charge is 0.243 e. The summed E-state index contributed by atoms with van der Waals surface area (Å²) < 4.78 is 0. The topological polar surface area (TPSA) is 174 Å². The molecule has 1 heterocycles. The number of nitrogens with zero attached hydrogens (tertiary/aromatic N) is 1. The van der Waals surface area contributed by atoms with E-state index in [0.29, 0.717) is 43.5 Å². The maximum Gasteiger partial charge on any atom is 0.243 e. The van der Waals surface area contributed by atoms with E-state index in [1.807, 2.05) is 36.4 Å². The van der Waals surface area contributed by atoms with Gasteiger partial charge in [-0.2, -0.15) is 0 Å². The van der Waals surface area contributed by atoms with E-state index >= 15 is 0 Å². The number of nitrogens with one attached hydrogen (secondary N) is 5. The van der Waals surface area contributed by atoms with Crippen LogP contribution in [0.25, 0.3) is 0 Å². The summed E-state index contributed by atoms with van der Waals surface area (Å²) in [6.07, 6.45) is 11.5. The lowest BCUT2D eigenvalue weighted by Gasteiger charge is -2.33. The molecule has 11 nitrogen and oxygen atoms in total. The Morgan fingerprint density at radius 1 is 1.04 bits per heavy atom. The molecule has 8 N–H and O–H groups in total. The van der Waals surface area contributed by atoms with Crippen molar-refractivity contribution in [3.63, 3.8) is 0 Å². The Hall–Kier alpha value is -3.54. The highest BCUT2D eigenvalue weighted by molar-refractivity contribution is 5.92. The second kappa shape index (κ2) is 19.9. The summed E-state index contributed by atoms with van der Waals surface area (Å²) in [5, 5.41) is 23.3. The number of hydrogen-bond donors (Lipinski definition) is 7. The lowest BCUT2D eigenvalue weighted by atomic mass is 9.81. The van der Waals surface area contributed by atoms with Gasteiger partial charge in [0.05, 0.1) is 25.0 Å². The molecule has 5 atom stereocenters. The number of carbonyl (C=O) groups excluding carboxylic acids is 3. The SMILES string of the molecule is C=C[C@@H](C[C@H](O)[C@H](CC1CCCCC1)NC(=O)[C@H](Cc1cnc[nH]1)NC(=O)[C@H](Cc1ccccc1)NC(=O)CNCCN)C(C)C. The number of rotatable bonds is 20. The van der Waals surface area contributed by atoms with Crippen LogP contribution in [0.15, 0.2) is 55.5 Å². The molecule has 11 heteroatoms. The molecule has 1 aliphatic carbocycles. The number of aromatic nitrogens is 2. The number of benzene rings is 1. The molecule has 0 bridgehead atoms. The number of aromatic amines is 1. The van der Waals surface area contributed by atoms with Gasteiger partial charge in [-0.15, -0.1) is 6.58 Å². The van der Waals surface area contributed by atoms with E-state index < -0.39 is 36.0 Å². The Labute approximate surface area is 274 Å². The van der Waals surface area contributed by atoms with Gasteiger partial charge in [-0.3, -0.25) is 14.4 Å². The molecule has 46 heavy (non-hydrogen) atoms. The maximum absolute atomic E-state index is 14.0. The molecular formula is C35H55N7O4. The summed E-state index contributed by atoms with van der Waals surface area (Å²) in [5.41, 5.74) is 7.07. The lowest BCUT2D eigenvalue weighted by Crippen LogP contribution is -2.58. The van der Waals surface area contributed by atoms with E-state index in [4.69, 9.17) is 5.73 Å². The van der Waals surface area contributed by atoms with Crippen LogP contribution in [0.2, 0.25) is 0 Å². The van der Waals surface area contributed by atoms with Crippen LogP contribution in [0, 0.1) is 17.8 Å². The summed E-state index contributed by atoms with van der Waals surface area (Å²) in [7, 11) is 0. The van der Waals surface area contributed by atoms with Gasteiger partial charge in [0.1, 0.15) is 12.1 Å². The van der Waals surface area contributed by atoms with Crippen LogP contribution in [0.3, 0.4) is 0 Å². The number of H-pyrrole nitrogens is 1. The number of hydrogen-bond acceptors (Lipinski definition) is 7. The minimum Gasteiger partial charge on any atom is -0.391 e. The molecule has 1 aliphatic rings. The maximum atomic E-state index is 14.0. The first-order chi connectivity index (χ1) is 22.2. The number of aliphatic hydroxyl groups is 1. The Bertz CT molecular complexity index is 1180. The summed E-state index contributed by atoms with van der Waals surface area (Å²) in [5.74, 6) is -0.412. The van der Waals surface area contributed by atoms with Crippen LogP contribution in [-0.2, 0) is 27.2 Å². The van der Waals surface area contributed by atoms with Gasteiger partial charge in [-0.05, 0) is 36.2 Å². The van der Waals surface area contributed by atoms with Crippen LogP contribution in [0.4, 0.5) is 0 Å². The molecule has 0 radical (unpaired) electrons. The fourth-order valence-electron chi connectivity index (χ4n) is 6.17. The third-order valence-corrected chi connectivity index (χ3v) is 8.93. The number of carbonyl (C=O) groups is 3. The van der Waals surface area contributed by atoms with Crippen LogP contribution in [0.1, 0.15) is 70.1 Å². The van der Waals surface area contributed by atoms with Gasteiger partial charge in [-0.25, -0.2) is 4.98 Å². The number of amides is 3.